The minimum absolute atomic E-state index is 0.0671. The SMILES string of the molecule is CCOCCCn1c(NC(=O)c2ccc(C)c(NC(=O)c3ccccc3F)c2)nc2ccccc21. The number of imidazole rings is 1. The summed E-state index contributed by atoms with van der Waals surface area (Å²) < 4.78 is 21.4. The fraction of sp³-hybridized carbons (Fsp3) is 0.222. The number of fused-ring (bicyclic) bond motifs is 1. The molecule has 0 fully saturated rings. The smallest absolute Gasteiger partial charge is 0.258 e. The molecule has 2 N–H and O–H groups in total. The Morgan fingerprint density at radius 2 is 1.77 bits per heavy atom. The highest BCUT2D eigenvalue weighted by molar-refractivity contribution is 6.07. The van der Waals surface area contributed by atoms with Gasteiger partial charge in [-0.3, -0.25) is 14.9 Å². The first-order chi connectivity index (χ1) is 17.0. The van der Waals surface area contributed by atoms with Crippen molar-refractivity contribution in [2.75, 3.05) is 23.8 Å². The van der Waals surface area contributed by atoms with Gasteiger partial charge in [0.2, 0.25) is 5.95 Å². The maximum Gasteiger partial charge on any atom is 0.258 e. The van der Waals surface area contributed by atoms with E-state index >= 15 is 0 Å². The number of nitrogens with zero attached hydrogens (tertiary/aromatic N) is 2. The van der Waals surface area contributed by atoms with Crippen molar-refractivity contribution in [1.82, 2.24) is 9.55 Å². The number of aryl methyl sites for hydroxylation is 2. The lowest BCUT2D eigenvalue weighted by Crippen LogP contribution is -2.18. The van der Waals surface area contributed by atoms with E-state index < -0.39 is 11.7 Å². The average Bonchev–Trinajstić information content (AvgIpc) is 3.20. The predicted octanol–water partition coefficient (Wildman–Crippen LogP) is 5.42. The summed E-state index contributed by atoms with van der Waals surface area (Å²) in [5.74, 6) is -1.13. The minimum atomic E-state index is -0.611. The van der Waals surface area contributed by atoms with Crippen LogP contribution in [0, 0.1) is 12.7 Å². The van der Waals surface area contributed by atoms with Crippen LogP contribution in [0.2, 0.25) is 0 Å². The van der Waals surface area contributed by atoms with Gasteiger partial charge < -0.3 is 14.6 Å². The van der Waals surface area contributed by atoms with Gasteiger partial charge in [-0.05, 0) is 62.2 Å². The number of para-hydroxylation sites is 2. The molecular weight excluding hydrogens is 447 g/mol. The number of rotatable bonds is 9. The van der Waals surface area contributed by atoms with E-state index in [0.29, 0.717) is 37.0 Å². The normalized spacial score (nSPS) is 10.9. The lowest BCUT2D eigenvalue weighted by atomic mass is 10.1. The van der Waals surface area contributed by atoms with Gasteiger partial charge in [-0.15, -0.1) is 0 Å². The highest BCUT2D eigenvalue weighted by Gasteiger charge is 2.17. The highest BCUT2D eigenvalue weighted by atomic mass is 19.1. The molecule has 0 bridgehead atoms. The zero-order chi connectivity index (χ0) is 24.8. The fourth-order valence-corrected chi connectivity index (χ4v) is 3.77. The number of hydrogen-bond donors (Lipinski definition) is 2. The Labute approximate surface area is 202 Å². The average molecular weight is 475 g/mol. The van der Waals surface area contributed by atoms with Crippen LogP contribution in [0.5, 0.6) is 0 Å². The van der Waals surface area contributed by atoms with E-state index in [0.717, 1.165) is 23.0 Å². The number of ether oxygens (including phenoxy) is 1. The number of hydrogen-bond acceptors (Lipinski definition) is 4. The molecule has 180 valence electrons. The summed E-state index contributed by atoms with van der Waals surface area (Å²) in [5, 5.41) is 5.60. The number of anilines is 2. The van der Waals surface area contributed by atoms with Gasteiger partial charge >= 0.3 is 0 Å². The fourth-order valence-electron chi connectivity index (χ4n) is 3.77. The van der Waals surface area contributed by atoms with Gasteiger partial charge in [0.15, 0.2) is 0 Å². The summed E-state index contributed by atoms with van der Waals surface area (Å²) in [7, 11) is 0. The summed E-state index contributed by atoms with van der Waals surface area (Å²) in [4.78, 5) is 30.3. The Morgan fingerprint density at radius 3 is 2.57 bits per heavy atom. The number of aromatic nitrogens is 2. The molecule has 0 spiro atoms. The molecule has 3 aromatic carbocycles. The highest BCUT2D eigenvalue weighted by Crippen LogP contribution is 2.23. The first-order valence-corrected chi connectivity index (χ1v) is 11.5. The Morgan fingerprint density at radius 1 is 1.00 bits per heavy atom. The third-order valence-electron chi connectivity index (χ3n) is 5.62. The van der Waals surface area contributed by atoms with Crippen LogP contribution < -0.4 is 10.6 Å². The van der Waals surface area contributed by atoms with Crippen molar-refractivity contribution in [2.45, 2.75) is 26.8 Å². The molecule has 0 aliphatic carbocycles. The van der Waals surface area contributed by atoms with E-state index in [9.17, 15) is 14.0 Å². The van der Waals surface area contributed by atoms with Gasteiger partial charge in [-0.25, -0.2) is 9.37 Å². The van der Waals surface area contributed by atoms with Crippen molar-refractivity contribution in [3.05, 3.63) is 89.2 Å². The molecular formula is C27H27FN4O3. The van der Waals surface area contributed by atoms with Crippen LogP contribution in [0.3, 0.4) is 0 Å². The Balaban J connectivity index is 1.55. The lowest BCUT2D eigenvalue weighted by Gasteiger charge is -2.13. The zero-order valence-corrected chi connectivity index (χ0v) is 19.7. The van der Waals surface area contributed by atoms with Crippen LogP contribution in [0.1, 0.15) is 39.6 Å². The van der Waals surface area contributed by atoms with E-state index in [4.69, 9.17) is 4.74 Å². The van der Waals surface area contributed by atoms with Gasteiger partial charge in [0.1, 0.15) is 5.82 Å². The van der Waals surface area contributed by atoms with Crippen molar-refractivity contribution < 1.29 is 18.7 Å². The number of carbonyl (C=O) groups is 2. The molecule has 4 rings (SSSR count). The van der Waals surface area contributed by atoms with Gasteiger partial charge in [0.05, 0.1) is 16.6 Å². The van der Waals surface area contributed by atoms with E-state index in [1.54, 1.807) is 31.2 Å². The van der Waals surface area contributed by atoms with Gasteiger partial charge in [0.25, 0.3) is 11.8 Å². The van der Waals surface area contributed by atoms with Crippen molar-refractivity contribution in [1.29, 1.82) is 0 Å². The van der Waals surface area contributed by atoms with E-state index in [-0.39, 0.29) is 11.5 Å². The molecule has 4 aromatic rings. The van der Waals surface area contributed by atoms with Crippen LogP contribution in [0.4, 0.5) is 16.0 Å². The number of benzene rings is 3. The number of nitrogens with one attached hydrogen (secondary N) is 2. The van der Waals surface area contributed by atoms with E-state index in [1.807, 2.05) is 35.8 Å². The summed E-state index contributed by atoms with van der Waals surface area (Å²) in [6.45, 7) is 5.65. The number of carbonyl (C=O) groups excluding carboxylic acids is 2. The first kappa shape index (κ1) is 24.1. The third-order valence-corrected chi connectivity index (χ3v) is 5.62. The Kier molecular flexibility index (Phi) is 7.52. The molecule has 0 unspecified atom stereocenters. The molecule has 1 heterocycles. The molecule has 0 aliphatic rings. The molecule has 0 atom stereocenters. The molecule has 0 aliphatic heterocycles. The monoisotopic (exact) mass is 474 g/mol. The quantitative estimate of drug-likeness (QED) is 0.318. The molecule has 7 nitrogen and oxygen atoms in total. The van der Waals surface area contributed by atoms with E-state index in [2.05, 4.69) is 15.6 Å². The van der Waals surface area contributed by atoms with Gasteiger partial charge in [-0.1, -0.05) is 30.3 Å². The molecule has 0 saturated heterocycles. The minimum Gasteiger partial charge on any atom is -0.382 e. The Hall–Kier alpha value is -4.04. The second-order valence-corrected chi connectivity index (χ2v) is 8.04. The molecule has 2 amide bonds. The molecule has 35 heavy (non-hydrogen) atoms. The summed E-state index contributed by atoms with van der Waals surface area (Å²) in [5.41, 5.74) is 3.14. The zero-order valence-electron chi connectivity index (χ0n) is 19.7. The molecule has 0 radical (unpaired) electrons. The van der Waals surface area contributed by atoms with Gasteiger partial charge in [0, 0.05) is 31.0 Å². The van der Waals surface area contributed by atoms with Crippen molar-refractivity contribution in [3.63, 3.8) is 0 Å². The summed E-state index contributed by atoms with van der Waals surface area (Å²) in [6.07, 6.45) is 0.772. The van der Waals surface area contributed by atoms with Crippen molar-refractivity contribution >= 4 is 34.5 Å². The maximum atomic E-state index is 14.0. The Bertz CT molecular complexity index is 1370. The lowest BCUT2D eigenvalue weighted by molar-refractivity contribution is 0.101. The summed E-state index contributed by atoms with van der Waals surface area (Å²) >= 11 is 0. The van der Waals surface area contributed by atoms with Crippen molar-refractivity contribution in [3.8, 4) is 0 Å². The van der Waals surface area contributed by atoms with Crippen LogP contribution in [0.25, 0.3) is 11.0 Å². The largest absolute Gasteiger partial charge is 0.382 e. The number of halogens is 1. The predicted molar refractivity (Wildman–Crippen MR) is 134 cm³/mol. The third kappa shape index (κ3) is 5.55. The number of amides is 2. The summed E-state index contributed by atoms with van der Waals surface area (Å²) in [6, 6.07) is 18.4. The van der Waals surface area contributed by atoms with Crippen LogP contribution in [-0.4, -0.2) is 34.6 Å². The molecule has 1 aromatic heterocycles. The van der Waals surface area contributed by atoms with Gasteiger partial charge in [-0.2, -0.15) is 0 Å². The second-order valence-electron chi connectivity index (χ2n) is 8.04. The van der Waals surface area contributed by atoms with Crippen LogP contribution >= 0.6 is 0 Å². The second kappa shape index (κ2) is 10.9. The van der Waals surface area contributed by atoms with Crippen LogP contribution in [0.15, 0.2) is 66.7 Å². The van der Waals surface area contributed by atoms with Crippen LogP contribution in [-0.2, 0) is 11.3 Å². The maximum absolute atomic E-state index is 14.0. The molecule has 8 heteroatoms. The topological polar surface area (TPSA) is 85.2 Å². The standard InChI is InChI=1S/C27H27FN4O3/c1-3-35-16-8-15-32-24-12-7-6-11-22(24)30-27(32)31-25(33)19-14-13-18(2)23(17-19)29-26(34)20-9-4-5-10-21(20)28/h4-7,9-14,17H,3,8,15-16H2,1-2H3,(H,29,34)(H,30,31,33). The first-order valence-electron chi connectivity index (χ1n) is 11.5. The molecule has 0 saturated carbocycles. The van der Waals surface area contributed by atoms with E-state index in [1.165, 1.54) is 18.2 Å². The van der Waals surface area contributed by atoms with Crippen molar-refractivity contribution in [2.24, 2.45) is 0 Å².